The third kappa shape index (κ3) is 14.1. The van der Waals surface area contributed by atoms with Crippen LogP contribution in [-0.2, 0) is 8.89 Å². The van der Waals surface area contributed by atoms with Gasteiger partial charge in [0, 0.05) is 6.61 Å². The van der Waals surface area contributed by atoms with E-state index in [1.165, 1.54) is 0 Å². The fourth-order valence-electron chi connectivity index (χ4n) is 0.684. The first-order valence-corrected chi connectivity index (χ1v) is 4.83. The Morgan fingerprint density at radius 2 is 2.00 bits per heavy atom. The average Bonchev–Trinajstić information content (AvgIpc) is 1.87. The van der Waals surface area contributed by atoms with E-state index in [0.29, 0.717) is 6.61 Å². The zero-order valence-corrected chi connectivity index (χ0v) is 11.4. The van der Waals surface area contributed by atoms with Crippen molar-refractivity contribution in [3.8, 4) is 0 Å². The van der Waals surface area contributed by atoms with Crippen molar-refractivity contribution in [2.24, 2.45) is 0 Å². The number of unbranched alkanes of at least 4 members (excludes halogenated alkanes) is 3. The Kier molecular flexibility index (Phi) is 15.1. The van der Waals surface area contributed by atoms with Crippen LogP contribution in [-0.4, -0.2) is 15.8 Å². The van der Waals surface area contributed by atoms with Crippen LogP contribution in [0.25, 0.3) is 0 Å². The monoisotopic (exact) mass is 200 g/mol. The molecule has 60 valence electrons. The fourth-order valence-corrected chi connectivity index (χ4v) is 0.995. The summed E-state index contributed by atoms with van der Waals surface area (Å²) in [7, 11) is -2.92. The second-order valence-corrected chi connectivity index (χ2v) is 2.95. The van der Waals surface area contributed by atoms with Crippen LogP contribution in [0.1, 0.15) is 32.6 Å². The Bertz CT molecular complexity index is 99.8. The van der Waals surface area contributed by atoms with E-state index in [1.807, 2.05) is 0 Å². The maximum absolute atomic E-state index is 9.88. The maximum Gasteiger partial charge on any atom is 1.00 e. The molecular formula is C6H13KO3Si. The van der Waals surface area contributed by atoms with E-state index < -0.39 is 9.17 Å². The normalized spacial score (nSPS) is 8.45. The molecule has 0 rings (SSSR count). The molecular weight excluding hydrogens is 187 g/mol. The van der Waals surface area contributed by atoms with Crippen LogP contribution in [0.3, 0.4) is 0 Å². The number of hydrogen-bond donors (Lipinski definition) is 0. The Balaban J connectivity index is 0. The summed E-state index contributed by atoms with van der Waals surface area (Å²) < 4.78 is 14.3. The molecule has 0 unspecified atom stereocenters. The summed E-state index contributed by atoms with van der Waals surface area (Å²) in [6.07, 6.45) is 4.23. The molecule has 0 bridgehead atoms. The van der Waals surface area contributed by atoms with Gasteiger partial charge < -0.3 is 13.7 Å². The Morgan fingerprint density at radius 3 is 2.45 bits per heavy atom. The van der Waals surface area contributed by atoms with E-state index in [0.717, 1.165) is 25.7 Å². The van der Waals surface area contributed by atoms with E-state index in [9.17, 15) is 9.26 Å². The number of rotatable bonds is 6. The minimum Gasteiger partial charge on any atom is -0.588 e. The van der Waals surface area contributed by atoms with Crippen LogP contribution in [0.4, 0.5) is 0 Å². The first kappa shape index (κ1) is 14.8. The van der Waals surface area contributed by atoms with Gasteiger partial charge in [0.25, 0.3) is 0 Å². The molecule has 11 heavy (non-hydrogen) atoms. The van der Waals surface area contributed by atoms with Crippen LogP contribution in [0.2, 0.25) is 0 Å². The molecule has 0 aliphatic rings. The molecule has 0 aromatic heterocycles. The van der Waals surface area contributed by atoms with E-state index in [2.05, 4.69) is 11.3 Å². The molecule has 0 aliphatic heterocycles. The molecule has 0 aliphatic carbocycles. The van der Waals surface area contributed by atoms with Crippen molar-refractivity contribution in [2.45, 2.75) is 32.6 Å². The van der Waals surface area contributed by atoms with Crippen LogP contribution < -0.4 is 56.2 Å². The van der Waals surface area contributed by atoms with Gasteiger partial charge >= 0.3 is 60.6 Å². The van der Waals surface area contributed by atoms with Crippen LogP contribution in [0, 0.1) is 0 Å². The molecule has 0 fully saturated rings. The van der Waals surface area contributed by atoms with Crippen molar-refractivity contribution in [2.75, 3.05) is 6.61 Å². The van der Waals surface area contributed by atoms with Gasteiger partial charge in [-0.2, -0.15) is 0 Å². The summed E-state index contributed by atoms with van der Waals surface area (Å²) in [5.41, 5.74) is 0. The van der Waals surface area contributed by atoms with Gasteiger partial charge in [-0.25, -0.2) is 0 Å². The summed E-state index contributed by atoms with van der Waals surface area (Å²) in [4.78, 5) is 9.88. The predicted octanol–water partition coefficient (Wildman–Crippen LogP) is -2.64. The Morgan fingerprint density at radius 1 is 1.36 bits per heavy atom. The molecule has 0 saturated heterocycles. The molecule has 5 heteroatoms. The molecule has 0 aromatic rings. The van der Waals surface area contributed by atoms with Crippen molar-refractivity contribution >= 4 is 9.17 Å². The number of hydrogen-bond acceptors (Lipinski definition) is 3. The Labute approximate surface area is 112 Å². The van der Waals surface area contributed by atoms with Crippen molar-refractivity contribution in [1.82, 2.24) is 0 Å². The van der Waals surface area contributed by atoms with Crippen LogP contribution >= 0.6 is 0 Å². The fraction of sp³-hybridized carbons (Fsp3) is 1.00. The molecule has 0 N–H and O–H groups in total. The topological polar surface area (TPSA) is 49.4 Å². The summed E-state index contributed by atoms with van der Waals surface area (Å²) >= 11 is 0. The quantitative estimate of drug-likeness (QED) is 0.348. The first-order valence-electron chi connectivity index (χ1n) is 3.61. The summed E-state index contributed by atoms with van der Waals surface area (Å²) in [5.74, 6) is 0. The molecule has 0 radical (unpaired) electrons. The molecule has 0 saturated carbocycles. The van der Waals surface area contributed by atoms with E-state index >= 15 is 0 Å². The third-order valence-corrected chi connectivity index (χ3v) is 1.66. The summed E-state index contributed by atoms with van der Waals surface area (Å²) in [6, 6.07) is 0. The smallest absolute Gasteiger partial charge is 0.588 e. The minimum absolute atomic E-state index is 0. The summed E-state index contributed by atoms with van der Waals surface area (Å²) in [5, 5.41) is 0. The van der Waals surface area contributed by atoms with Gasteiger partial charge in [0.15, 0.2) is 0 Å². The first-order chi connectivity index (χ1) is 4.77. The van der Waals surface area contributed by atoms with Crippen molar-refractivity contribution in [3.63, 3.8) is 0 Å². The van der Waals surface area contributed by atoms with E-state index in [4.69, 9.17) is 0 Å². The van der Waals surface area contributed by atoms with Crippen molar-refractivity contribution in [1.29, 1.82) is 0 Å². The Hall–Kier alpha value is 1.25. The maximum atomic E-state index is 9.88. The molecule has 0 spiro atoms. The van der Waals surface area contributed by atoms with Gasteiger partial charge in [0.05, 0.1) is 0 Å². The largest absolute Gasteiger partial charge is 1.00 e. The van der Waals surface area contributed by atoms with Crippen LogP contribution in [0.15, 0.2) is 0 Å². The van der Waals surface area contributed by atoms with Gasteiger partial charge in [-0.3, -0.25) is 0 Å². The van der Waals surface area contributed by atoms with Crippen LogP contribution in [0.5, 0.6) is 0 Å². The predicted molar refractivity (Wildman–Crippen MR) is 36.5 cm³/mol. The van der Waals surface area contributed by atoms with E-state index in [-0.39, 0.29) is 51.4 Å². The molecule has 3 nitrogen and oxygen atoms in total. The molecule has 0 heterocycles. The zero-order valence-electron chi connectivity index (χ0n) is 7.26. The standard InChI is InChI=1S/C6H13O3Si.K/c1-2-3-4-5-6-9-10(7)8;/h2-6H2,1H3;/q-1;+1. The van der Waals surface area contributed by atoms with Gasteiger partial charge in [0.2, 0.25) is 0 Å². The molecule has 0 amide bonds. The molecule has 0 atom stereocenters. The summed E-state index contributed by atoms with van der Waals surface area (Å²) in [6.45, 7) is 2.47. The SMILES string of the molecule is CCCCCCO[Si](=O)[O-].[K+]. The second kappa shape index (κ2) is 11.3. The second-order valence-electron chi connectivity index (χ2n) is 2.16. The van der Waals surface area contributed by atoms with Crippen molar-refractivity contribution in [3.05, 3.63) is 0 Å². The minimum atomic E-state index is -2.92. The van der Waals surface area contributed by atoms with Gasteiger partial charge in [0.1, 0.15) is 0 Å². The van der Waals surface area contributed by atoms with Gasteiger partial charge in [-0.15, -0.1) is 0 Å². The third-order valence-electron chi connectivity index (χ3n) is 1.22. The zero-order chi connectivity index (χ0) is 7.82. The average molecular weight is 200 g/mol. The van der Waals surface area contributed by atoms with Crippen molar-refractivity contribution < 1.29 is 65.1 Å². The van der Waals surface area contributed by atoms with E-state index in [1.54, 1.807) is 0 Å². The molecule has 0 aromatic carbocycles. The van der Waals surface area contributed by atoms with Gasteiger partial charge in [-0.1, -0.05) is 26.2 Å². The van der Waals surface area contributed by atoms with Gasteiger partial charge in [-0.05, 0) is 6.42 Å².